The molecule has 6 nitrogen and oxygen atoms in total. The second kappa shape index (κ2) is 8.44. The number of amides is 2. The van der Waals surface area contributed by atoms with Gasteiger partial charge in [-0.1, -0.05) is 30.3 Å². The number of hydrogen-bond acceptors (Lipinski definition) is 4. The monoisotopic (exact) mass is 379 g/mol. The lowest BCUT2D eigenvalue weighted by Crippen LogP contribution is -2.49. The Morgan fingerprint density at radius 1 is 1.00 bits per heavy atom. The van der Waals surface area contributed by atoms with Gasteiger partial charge >= 0.3 is 0 Å². The van der Waals surface area contributed by atoms with Gasteiger partial charge in [-0.3, -0.25) is 14.5 Å². The smallest absolute Gasteiger partial charge is 0.257 e. The van der Waals surface area contributed by atoms with Gasteiger partial charge < -0.3 is 15.0 Å². The summed E-state index contributed by atoms with van der Waals surface area (Å²) < 4.78 is 5.89. The van der Waals surface area contributed by atoms with Crippen LogP contribution in [-0.4, -0.2) is 60.6 Å². The largest absolute Gasteiger partial charge is 0.470 e. The average molecular weight is 379 g/mol. The molecule has 2 aromatic rings. The first-order valence-corrected chi connectivity index (χ1v) is 9.84. The second-order valence-corrected chi connectivity index (χ2v) is 7.22. The third kappa shape index (κ3) is 4.17. The molecular formula is C22H25N3O3. The zero-order chi connectivity index (χ0) is 19.3. The zero-order valence-corrected chi connectivity index (χ0v) is 15.8. The Balaban J connectivity index is 1.20. The maximum absolute atomic E-state index is 12.5. The number of fused-ring (bicyclic) bond motifs is 1. The van der Waals surface area contributed by atoms with Crippen LogP contribution >= 0.6 is 0 Å². The predicted octanol–water partition coefficient (Wildman–Crippen LogP) is 2.37. The van der Waals surface area contributed by atoms with Crippen molar-refractivity contribution in [2.24, 2.45) is 0 Å². The van der Waals surface area contributed by atoms with E-state index >= 15 is 0 Å². The highest BCUT2D eigenvalue weighted by atomic mass is 16.5. The highest BCUT2D eigenvalue weighted by Gasteiger charge is 2.25. The van der Waals surface area contributed by atoms with Gasteiger partial charge in [0.2, 0.25) is 0 Å². The molecule has 28 heavy (non-hydrogen) atoms. The number of ether oxygens (including phenoxy) is 1. The van der Waals surface area contributed by atoms with E-state index in [1.54, 1.807) is 6.07 Å². The molecule has 0 radical (unpaired) electrons. The molecule has 1 fully saturated rings. The molecule has 1 unspecified atom stereocenters. The number of hydrogen-bond donors (Lipinski definition) is 1. The SMILES string of the molecule is O=C1NC(CCCN2CCN(C(=O)c3ccccc3)CC2)Oc2ccccc21. The van der Waals surface area contributed by atoms with Crippen molar-refractivity contribution in [1.29, 1.82) is 0 Å². The normalized spacial score (nSPS) is 19.5. The van der Waals surface area contributed by atoms with E-state index in [0.29, 0.717) is 11.3 Å². The summed E-state index contributed by atoms with van der Waals surface area (Å²) >= 11 is 0. The van der Waals surface area contributed by atoms with Gasteiger partial charge in [-0.15, -0.1) is 0 Å². The molecule has 2 aliphatic rings. The number of carbonyl (C=O) groups is 2. The summed E-state index contributed by atoms with van der Waals surface area (Å²) in [5.41, 5.74) is 1.35. The van der Waals surface area contributed by atoms with Crippen molar-refractivity contribution in [3.05, 3.63) is 65.7 Å². The van der Waals surface area contributed by atoms with Crippen molar-refractivity contribution in [2.45, 2.75) is 19.1 Å². The maximum atomic E-state index is 12.5. The molecule has 0 aromatic heterocycles. The fourth-order valence-electron chi connectivity index (χ4n) is 3.73. The summed E-state index contributed by atoms with van der Waals surface area (Å²) in [6.07, 6.45) is 1.42. The Morgan fingerprint density at radius 2 is 1.71 bits per heavy atom. The molecule has 4 rings (SSSR count). The minimum atomic E-state index is -0.275. The van der Waals surface area contributed by atoms with E-state index in [0.717, 1.165) is 51.1 Å². The number of para-hydroxylation sites is 1. The quantitative estimate of drug-likeness (QED) is 0.867. The van der Waals surface area contributed by atoms with Crippen LogP contribution in [0.2, 0.25) is 0 Å². The number of benzene rings is 2. The van der Waals surface area contributed by atoms with Gasteiger partial charge in [-0.2, -0.15) is 0 Å². The van der Waals surface area contributed by atoms with Crippen molar-refractivity contribution >= 4 is 11.8 Å². The molecular weight excluding hydrogens is 354 g/mol. The fourth-order valence-corrected chi connectivity index (χ4v) is 3.73. The number of piperazine rings is 1. The minimum absolute atomic E-state index is 0.0695. The Labute approximate surface area is 165 Å². The minimum Gasteiger partial charge on any atom is -0.470 e. The van der Waals surface area contributed by atoms with Gasteiger partial charge in [0.1, 0.15) is 5.75 Å². The molecule has 146 valence electrons. The van der Waals surface area contributed by atoms with E-state index in [1.807, 2.05) is 53.4 Å². The van der Waals surface area contributed by atoms with Crippen molar-refractivity contribution in [1.82, 2.24) is 15.1 Å². The van der Waals surface area contributed by atoms with Crippen LogP contribution in [0.5, 0.6) is 5.75 Å². The molecule has 1 saturated heterocycles. The van der Waals surface area contributed by atoms with Gasteiger partial charge in [-0.05, 0) is 37.2 Å². The lowest BCUT2D eigenvalue weighted by atomic mass is 10.1. The van der Waals surface area contributed by atoms with Gasteiger partial charge in [-0.25, -0.2) is 0 Å². The van der Waals surface area contributed by atoms with Crippen LogP contribution in [0.4, 0.5) is 0 Å². The van der Waals surface area contributed by atoms with E-state index in [9.17, 15) is 9.59 Å². The molecule has 1 N–H and O–H groups in total. The second-order valence-electron chi connectivity index (χ2n) is 7.22. The zero-order valence-electron chi connectivity index (χ0n) is 15.8. The summed E-state index contributed by atoms with van der Waals surface area (Å²) in [4.78, 5) is 28.9. The van der Waals surface area contributed by atoms with E-state index in [1.165, 1.54) is 0 Å². The molecule has 2 amide bonds. The first kappa shape index (κ1) is 18.5. The highest BCUT2D eigenvalue weighted by molar-refractivity contribution is 5.97. The number of nitrogens with zero attached hydrogens (tertiary/aromatic N) is 2. The highest BCUT2D eigenvalue weighted by Crippen LogP contribution is 2.23. The van der Waals surface area contributed by atoms with Gasteiger partial charge in [0.25, 0.3) is 11.8 Å². The molecule has 0 spiro atoms. The fraction of sp³-hybridized carbons (Fsp3) is 0.364. The Hall–Kier alpha value is -2.86. The Kier molecular flexibility index (Phi) is 5.58. The lowest BCUT2D eigenvalue weighted by molar-refractivity contribution is 0.0620. The molecule has 0 bridgehead atoms. The maximum Gasteiger partial charge on any atom is 0.257 e. The van der Waals surface area contributed by atoms with Gasteiger partial charge in [0, 0.05) is 38.2 Å². The third-order valence-corrected chi connectivity index (χ3v) is 5.31. The topological polar surface area (TPSA) is 61.9 Å². The lowest BCUT2D eigenvalue weighted by Gasteiger charge is -2.35. The molecule has 2 aromatic carbocycles. The molecule has 2 aliphatic heterocycles. The number of rotatable bonds is 5. The van der Waals surface area contributed by atoms with E-state index in [-0.39, 0.29) is 18.0 Å². The van der Waals surface area contributed by atoms with Crippen molar-refractivity contribution < 1.29 is 14.3 Å². The summed E-state index contributed by atoms with van der Waals surface area (Å²) in [5, 5.41) is 2.92. The summed E-state index contributed by atoms with van der Waals surface area (Å²) in [6.45, 7) is 4.18. The van der Waals surface area contributed by atoms with Crippen LogP contribution in [0.1, 0.15) is 33.6 Å². The van der Waals surface area contributed by atoms with Crippen LogP contribution in [0, 0.1) is 0 Å². The van der Waals surface area contributed by atoms with Crippen molar-refractivity contribution in [2.75, 3.05) is 32.7 Å². The number of nitrogens with one attached hydrogen (secondary N) is 1. The summed E-state index contributed by atoms with van der Waals surface area (Å²) in [7, 11) is 0. The number of carbonyl (C=O) groups excluding carboxylic acids is 2. The molecule has 0 saturated carbocycles. The van der Waals surface area contributed by atoms with E-state index < -0.39 is 0 Å². The Morgan fingerprint density at radius 3 is 2.50 bits per heavy atom. The van der Waals surface area contributed by atoms with Crippen molar-refractivity contribution in [3.63, 3.8) is 0 Å². The first-order chi connectivity index (χ1) is 13.7. The van der Waals surface area contributed by atoms with Crippen LogP contribution < -0.4 is 10.1 Å². The van der Waals surface area contributed by atoms with Crippen molar-refractivity contribution in [3.8, 4) is 5.75 Å². The molecule has 2 heterocycles. The van der Waals surface area contributed by atoms with Gasteiger partial charge in [0.15, 0.2) is 6.23 Å². The van der Waals surface area contributed by atoms with Crippen LogP contribution in [-0.2, 0) is 0 Å². The van der Waals surface area contributed by atoms with E-state index in [4.69, 9.17) is 4.74 Å². The first-order valence-electron chi connectivity index (χ1n) is 9.84. The molecule has 1 atom stereocenters. The predicted molar refractivity (Wildman–Crippen MR) is 106 cm³/mol. The Bertz CT molecular complexity index is 832. The summed E-state index contributed by atoms with van der Waals surface area (Å²) in [5.74, 6) is 0.696. The van der Waals surface area contributed by atoms with Crippen LogP contribution in [0.15, 0.2) is 54.6 Å². The van der Waals surface area contributed by atoms with Crippen LogP contribution in [0.25, 0.3) is 0 Å². The third-order valence-electron chi connectivity index (χ3n) is 5.31. The molecule has 0 aliphatic carbocycles. The summed E-state index contributed by atoms with van der Waals surface area (Å²) in [6, 6.07) is 16.8. The van der Waals surface area contributed by atoms with Gasteiger partial charge in [0.05, 0.1) is 5.56 Å². The van der Waals surface area contributed by atoms with Crippen LogP contribution in [0.3, 0.4) is 0 Å². The van der Waals surface area contributed by atoms with E-state index in [2.05, 4.69) is 10.2 Å². The average Bonchev–Trinajstić information content (AvgIpc) is 2.74. The molecule has 6 heteroatoms. The standard InChI is InChI=1S/C22H25N3O3/c26-21-18-9-4-5-10-19(18)28-20(23-21)11-6-12-24-13-15-25(16-14-24)22(27)17-7-2-1-3-8-17/h1-5,7-10,20H,6,11-16H2,(H,23,26).